The van der Waals surface area contributed by atoms with E-state index in [2.05, 4.69) is 115 Å². The smallest absolute Gasteiger partial charge is 0.304 e. The summed E-state index contributed by atoms with van der Waals surface area (Å²) in [6, 6.07) is 27.4. The lowest BCUT2D eigenvalue weighted by Crippen LogP contribution is -2.41. The molecule has 3 aromatic carbocycles. The topological polar surface area (TPSA) is 200 Å². The van der Waals surface area contributed by atoms with Gasteiger partial charge in [-0.1, -0.05) is 65.0 Å². The van der Waals surface area contributed by atoms with Crippen molar-refractivity contribution in [1.82, 2.24) is 54.7 Å². The number of benzene rings is 3. The van der Waals surface area contributed by atoms with Crippen LogP contribution in [0.2, 0.25) is 0 Å². The van der Waals surface area contributed by atoms with Gasteiger partial charge in [-0.2, -0.15) is 0 Å². The number of aliphatic carboxylic acids is 2. The Balaban J connectivity index is 0.000000159. The van der Waals surface area contributed by atoms with Crippen LogP contribution in [0.3, 0.4) is 0 Å². The fraction of sp³-hybridized carbons (Fsp3) is 0.386. The highest BCUT2D eigenvalue weighted by molar-refractivity contribution is 5.80. The van der Waals surface area contributed by atoms with Crippen LogP contribution in [0.15, 0.2) is 97.5 Å². The first-order valence-corrected chi connectivity index (χ1v) is 25.5. The third kappa shape index (κ3) is 9.57. The number of carbonyl (C=O) groups is 2. The maximum absolute atomic E-state index is 12.0. The molecule has 17 nitrogen and oxygen atoms in total. The maximum Gasteiger partial charge on any atom is 0.304 e. The Kier molecular flexibility index (Phi) is 12.9. The molecule has 2 aliphatic carbocycles. The number of pyridine rings is 3. The van der Waals surface area contributed by atoms with Crippen molar-refractivity contribution in [2.75, 3.05) is 13.1 Å². The molecule has 17 heteroatoms. The number of nitrogens with zero attached hydrogens (tertiary/aromatic N) is 11. The summed E-state index contributed by atoms with van der Waals surface area (Å²) in [5.41, 5.74) is 14.9. The Morgan fingerprint density at radius 3 is 2.03 bits per heavy atom. The number of rotatable bonds is 10. The number of hydrogen-bond acceptors (Lipinski definition) is 13. The first kappa shape index (κ1) is 48.6. The van der Waals surface area contributed by atoms with Crippen LogP contribution in [0, 0.1) is 6.92 Å². The van der Waals surface area contributed by atoms with Crippen LogP contribution < -0.4 is 9.47 Å². The second kappa shape index (κ2) is 19.7. The molecule has 4 unspecified atom stereocenters. The van der Waals surface area contributed by atoms with Crippen molar-refractivity contribution in [2.45, 2.75) is 115 Å². The second-order valence-corrected chi connectivity index (χ2v) is 21.1. The summed E-state index contributed by atoms with van der Waals surface area (Å²) in [7, 11) is 3.68. The Bertz CT molecular complexity index is 3440. The van der Waals surface area contributed by atoms with E-state index in [1.807, 2.05) is 51.4 Å². The molecule has 74 heavy (non-hydrogen) atoms. The summed E-state index contributed by atoms with van der Waals surface area (Å²) < 4.78 is 15.8. The molecule has 0 saturated heterocycles. The molecule has 0 fully saturated rings. The summed E-state index contributed by atoms with van der Waals surface area (Å²) in [5, 5.41) is 36.4. The van der Waals surface area contributed by atoms with Gasteiger partial charge < -0.3 is 19.7 Å². The maximum atomic E-state index is 12.0. The molecule has 5 atom stereocenters. The lowest BCUT2D eigenvalue weighted by atomic mass is 9.84. The van der Waals surface area contributed by atoms with Gasteiger partial charge >= 0.3 is 11.9 Å². The molecule has 5 aromatic heterocycles. The number of hydrogen-bond donors (Lipinski definition) is 2. The zero-order valence-electron chi connectivity index (χ0n) is 42.6. The summed E-state index contributed by atoms with van der Waals surface area (Å²) in [5.74, 6) is -0.909. The monoisotopic (exact) mass is 995 g/mol. The van der Waals surface area contributed by atoms with Gasteiger partial charge in [-0.25, -0.2) is 19.3 Å². The lowest BCUT2D eigenvalue weighted by Gasteiger charge is -2.33. The van der Waals surface area contributed by atoms with Gasteiger partial charge in [0.15, 0.2) is 0 Å². The molecule has 0 bridgehead atoms. The molecule has 12 rings (SSSR count). The molecule has 8 aromatic rings. The number of aryl methyl sites for hydroxylation is 5. The van der Waals surface area contributed by atoms with Gasteiger partial charge in [-0.15, -0.1) is 10.2 Å². The molecular formula is C57H61N11O6. The summed E-state index contributed by atoms with van der Waals surface area (Å²) in [6.45, 7) is 11.4. The molecule has 380 valence electrons. The van der Waals surface area contributed by atoms with E-state index in [0.717, 1.165) is 108 Å². The van der Waals surface area contributed by atoms with E-state index in [1.165, 1.54) is 22.3 Å². The summed E-state index contributed by atoms with van der Waals surface area (Å²) >= 11 is 0. The highest BCUT2D eigenvalue weighted by Crippen LogP contribution is 2.44. The largest absolute Gasteiger partial charge is 0.481 e. The standard InChI is InChI=1S/C29H31N5O3.C28H30N6O3/c1-17-15-34(16-21-5-4-12-30-29(21)37-17)25-10-8-19-6-7-20(13-24(19)25)23(14-27(35)36)22-9-11-26-28(18(22)2)31-32-33(26)3;1-28(2)16-34(15-19-5-4-10-29-27(19)37-28)24-9-8-17-6-7-18(11-21(17)24)20(12-26(35)36)22-13-23-25(14-30-22)33(3)32-31-23/h4-7,9,11-13,17,23,25H,8,10,14-16H2,1-3H3,(H,35,36);4-7,10-11,13-14,20,24H,8-9,12,15-16H2,1-3H3,(H,35,36)/t17-,23?,25?;/m1./s1. The number of aromatic nitrogens is 9. The van der Waals surface area contributed by atoms with Gasteiger partial charge in [0, 0.05) is 87.7 Å². The highest BCUT2D eigenvalue weighted by atomic mass is 16.5. The zero-order valence-corrected chi connectivity index (χ0v) is 42.6. The Hall–Kier alpha value is -7.63. The number of ether oxygens (including phenoxy) is 2. The fourth-order valence-corrected chi connectivity index (χ4v) is 11.9. The van der Waals surface area contributed by atoms with Crippen LogP contribution in [0.25, 0.3) is 22.1 Å². The third-order valence-corrected chi connectivity index (χ3v) is 15.4. The first-order valence-electron chi connectivity index (χ1n) is 25.5. The van der Waals surface area contributed by atoms with Gasteiger partial charge in [0.25, 0.3) is 0 Å². The molecular weight excluding hydrogens is 935 g/mol. The van der Waals surface area contributed by atoms with Crippen LogP contribution in [0.1, 0.15) is 132 Å². The minimum absolute atomic E-state index is 0.0176. The quantitative estimate of drug-likeness (QED) is 0.132. The fourth-order valence-electron chi connectivity index (χ4n) is 11.9. The van der Waals surface area contributed by atoms with Crippen LogP contribution in [0.4, 0.5) is 0 Å². The van der Waals surface area contributed by atoms with E-state index in [0.29, 0.717) is 17.1 Å². The van der Waals surface area contributed by atoms with E-state index in [-0.39, 0.29) is 48.5 Å². The summed E-state index contributed by atoms with van der Waals surface area (Å²) in [4.78, 5) is 42.5. The Labute approximate surface area is 429 Å². The van der Waals surface area contributed by atoms with E-state index < -0.39 is 11.9 Å². The van der Waals surface area contributed by atoms with E-state index in [9.17, 15) is 19.8 Å². The van der Waals surface area contributed by atoms with Crippen molar-refractivity contribution in [3.63, 3.8) is 0 Å². The number of fused-ring (bicyclic) bond motifs is 6. The Morgan fingerprint density at radius 2 is 1.32 bits per heavy atom. The van der Waals surface area contributed by atoms with Crippen molar-refractivity contribution < 1.29 is 29.3 Å². The average molecular weight is 996 g/mol. The molecule has 0 amide bonds. The van der Waals surface area contributed by atoms with Gasteiger partial charge in [-0.3, -0.25) is 24.4 Å². The van der Waals surface area contributed by atoms with Gasteiger partial charge in [0.1, 0.15) is 28.3 Å². The molecule has 7 heterocycles. The first-order chi connectivity index (χ1) is 35.7. The Morgan fingerprint density at radius 1 is 0.716 bits per heavy atom. The SMILES string of the molecule is Cc1c(C(CC(=O)O)c2ccc3c(c2)C(N2Cc4cccnc4O[C@H](C)C2)CC3)ccc2c1nnn2C.Cn1nnc2cc(C(CC(=O)O)c3ccc4c(c3)C(N3Cc5cccnc5OC(C)(C)C3)CC4)ncc21. The second-order valence-electron chi connectivity index (χ2n) is 21.1. The van der Waals surface area contributed by atoms with Crippen LogP contribution in [-0.2, 0) is 49.6 Å². The predicted molar refractivity (Wildman–Crippen MR) is 277 cm³/mol. The third-order valence-electron chi connectivity index (χ3n) is 15.4. The van der Waals surface area contributed by atoms with E-state index >= 15 is 0 Å². The van der Waals surface area contributed by atoms with Crippen molar-refractivity contribution in [3.05, 3.63) is 159 Å². The zero-order chi connectivity index (χ0) is 51.4. The minimum atomic E-state index is -0.862. The molecule has 4 aliphatic rings. The minimum Gasteiger partial charge on any atom is -0.481 e. The van der Waals surface area contributed by atoms with Gasteiger partial charge in [0.05, 0.1) is 30.2 Å². The van der Waals surface area contributed by atoms with Gasteiger partial charge in [0.2, 0.25) is 11.8 Å². The van der Waals surface area contributed by atoms with E-state index in [4.69, 9.17) is 9.47 Å². The number of carboxylic acids is 2. The van der Waals surface area contributed by atoms with Crippen LogP contribution in [-0.4, -0.2) is 102 Å². The van der Waals surface area contributed by atoms with Crippen molar-refractivity contribution >= 4 is 34.0 Å². The number of carboxylic acid groups (broad SMARTS) is 2. The van der Waals surface area contributed by atoms with Gasteiger partial charge in [-0.05, 0) is 122 Å². The molecule has 2 aliphatic heterocycles. The van der Waals surface area contributed by atoms with Crippen molar-refractivity contribution in [2.24, 2.45) is 14.1 Å². The predicted octanol–water partition coefficient (Wildman–Crippen LogP) is 8.57. The van der Waals surface area contributed by atoms with Crippen LogP contribution >= 0.6 is 0 Å². The highest BCUT2D eigenvalue weighted by Gasteiger charge is 2.38. The molecule has 0 spiro atoms. The molecule has 2 N–H and O–H groups in total. The van der Waals surface area contributed by atoms with Crippen molar-refractivity contribution in [3.8, 4) is 11.8 Å². The average Bonchev–Trinajstić information content (AvgIpc) is 4.14. The lowest BCUT2D eigenvalue weighted by molar-refractivity contribution is -0.138. The van der Waals surface area contributed by atoms with E-state index in [1.54, 1.807) is 28.0 Å². The normalized spacial score (nSPS) is 19.9. The molecule has 0 saturated carbocycles. The molecule has 0 radical (unpaired) electrons. The van der Waals surface area contributed by atoms with Crippen LogP contribution in [0.5, 0.6) is 11.8 Å². The summed E-state index contributed by atoms with van der Waals surface area (Å²) in [6.07, 6.45) is 9.33. The van der Waals surface area contributed by atoms with Crippen molar-refractivity contribution in [1.29, 1.82) is 0 Å².